The van der Waals surface area contributed by atoms with Crippen molar-refractivity contribution in [1.29, 1.82) is 0 Å². The molecule has 0 aliphatic carbocycles. The molecule has 0 radical (unpaired) electrons. The van der Waals surface area contributed by atoms with Gasteiger partial charge in [0.1, 0.15) is 0 Å². The zero-order chi connectivity index (χ0) is 9.90. The van der Waals surface area contributed by atoms with Crippen LogP contribution in [-0.2, 0) is 4.74 Å². The maximum absolute atomic E-state index is 5.71. The summed E-state index contributed by atoms with van der Waals surface area (Å²) in [6.07, 6.45) is 0. The summed E-state index contributed by atoms with van der Waals surface area (Å²) in [5, 5.41) is 0. The number of nitrogens with zero attached hydrogens (tertiary/aromatic N) is 1. The van der Waals surface area contributed by atoms with Crippen molar-refractivity contribution in [2.24, 2.45) is 0 Å². The molecule has 0 N–H and O–H groups in total. The number of hydrogen-bond acceptors (Lipinski definition) is 2. The highest BCUT2D eigenvalue weighted by atomic mass is 35.5. The summed E-state index contributed by atoms with van der Waals surface area (Å²) in [6.45, 7) is 11.8. The molecule has 1 saturated heterocycles. The molecule has 0 amide bonds. The second-order valence-electron chi connectivity index (χ2n) is 4.17. The molecule has 0 aromatic carbocycles. The molecule has 1 rings (SSSR count). The van der Waals surface area contributed by atoms with E-state index in [0.29, 0.717) is 5.88 Å². The number of hydrogen-bond donors (Lipinski definition) is 0. The topological polar surface area (TPSA) is 12.5 Å². The van der Waals surface area contributed by atoms with Gasteiger partial charge >= 0.3 is 0 Å². The third kappa shape index (κ3) is 2.97. The van der Waals surface area contributed by atoms with Crippen molar-refractivity contribution < 1.29 is 4.74 Å². The summed E-state index contributed by atoms with van der Waals surface area (Å²) in [4.78, 5) is 2.38. The van der Waals surface area contributed by atoms with Crippen LogP contribution in [0.3, 0.4) is 0 Å². The van der Waals surface area contributed by atoms with Gasteiger partial charge in [0.2, 0.25) is 0 Å². The van der Waals surface area contributed by atoms with E-state index in [1.165, 1.54) is 0 Å². The van der Waals surface area contributed by atoms with Crippen molar-refractivity contribution >= 4 is 11.6 Å². The van der Waals surface area contributed by atoms with Gasteiger partial charge in [-0.3, -0.25) is 4.90 Å². The molecule has 0 atom stereocenters. The van der Waals surface area contributed by atoms with Crippen molar-refractivity contribution in [3.63, 3.8) is 0 Å². The van der Waals surface area contributed by atoms with Crippen LogP contribution in [0.25, 0.3) is 0 Å². The lowest BCUT2D eigenvalue weighted by atomic mass is 10.0. The SMILES string of the molecule is C=C(CCl)CN1CCOCC1(C)C. The Morgan fingerprint density at radius 2 is 2.31 bits per heavy atom. The summed E-state index contributed by atoms with van der Waals surface area (Å²) >= 11 is 5.71. The van der Waals surface area contributed by atoms with Gasteiger partial charge in [-0.25, -0.2) is 0 Å². The Balaban J connectivity index is 2.51. The number of alkyl halides is 1. The first-order valence-electron chi connectivity index (χ1n) is 4.61. The van der Waals surface area contributed by atoms with Gasteiger partial charge in [-0.2, -0.15) is 0 Å². The van der Waals surface area contributed by atoms with E-state index in [1.807, 2.05) is 0 Å². The molecule has 1 heterocycles. The van der Waals surface area contributed by atoms with Crippen LogP contribution < -0.4 is 0 Å². The summed E-state index contributed by atoms with van der Waals surface area (Å²) in [7, 11) is 0. The second kappa shape index (κ2) is 4.45. The van der Waals surface area contributed by atoms with Crippen molar-refractivity contribution in [1.82, 2.24) is 4.90 Å². The molecule has 0 aromatic heterocycles. The Labute approximate surface area is 85.5 Å². The molecular formula is C10H18ClNO. The average molecular weight is 204 g/mol. The van der Waals surface area contributed by atoms with Crippen molar-refractivity contribution in [3.05, 3.63) is 12.2 Å². The molecule has 1 fully saturated rings. The molecule has 1 aliphatic rings. The minimum absolute atomic E-state index is 0.118. The number of rotatable bonds is 3. The van der Waals surface area contributed by atoms with Gasteiger partial charge in [0.25, 0.3) is 0 Å². The monoisotopic (exact) mass is 203 g/mol. The van der Waals surface area contributed by atoms with Crippen LogP contribution in [0.5, 0.6) is 0 Å². The molecular weight excluding hydrogens is 186 g/mol. The minimum Gasteiger partial charge on any atom is -0.378 e. The van der Waals surface area contributed by atoms with E-state index in [9.17, 15) is 0 Å². The van der Waals surface area contributed by atoms with Crippen molar-refractivity contribution in [2.75, 3.05) is 32.2 Å². The Kier molecular flexibility index (Phi) is 3.77. The van der Waals surface area contributed by atoms with Gasteiger partial charge in [0.05, 0.1) is 13.2 Å². The second-order valence-corrected chi connectivity index (χ2v) is 4.44. The maximum atomic E-state index is 5.71. The Morgan fingerprint density at radius 3 is 2.85 bits per heavy atom. The van der Waals surface area contributed by atoms with Crippen LogP contribution in [0.1, 0.15) is 13.8 Å². The van der Waals surface area contributed by atoms with Crippen molar-refractivity contribution in [3.8, 4) is 0 Å². The molecule has 0 saturated carbocycles. The fraction of sp³-hybridized carbons (Fsp3) is 0.800. The zero-order valence-electron chi connectivity index (χ0n) is 8.48. The van der Waals surface area contributed by atoms with E-state index in [4.69, 9.17) is 16.3 Å². The van der Waals surface area contributed by atoms with Gasteiger partial charge in [0.15, 0.2) is 0 Å². The fourth-order valence-electron chi connectivity index (χ4n) is 1.50. The summed E-state index contributed by atoms with van der Waals surface area (Å²) in [5.74, 6) is 0.549. The predicted octanol–water partition coefficient (Wildman–Crippen LogP) is 1.89. The Bertz CT molecular complexity index is 191. The quantitative estimate of drug-likeness (QED) is 0.513. The number of ether oxygens (including phenoxy) is 1. The zero-order valence-corrected chi connectivity index (χ0v) is 9.23. The van der Waals surface area contributed by atoms with E-state index in [-0.39, 0.29) is 5.54 Å². The van der Waals surface area contributed by atoms with Crippen LogP contribution in [0.4, 0.5) is 0 Å². The fourth-order valence-corrected chi connectivity index (χ4v) is 1.58. The molecule has 0 spiro atoms. The molecule has 13 heavy (non-hydrogen) atoms. The van der Waals surface area contributed by atoms with Crippen LogP contribution in [-0.4, -0.2) is 42.6 Å². The van der Waals surface area contributed by atoms with Gasteiger partial charge < -0.3 is 4.74 Å². The molecule has 0 aromatic rings. The van der Waals surface area contributed by atoms with Crippen LogP contribution >= 0.6 is 11.6 Å². The number of halogens is 1. The van der Waals surface area contributed by atoms with Gasteiger partial charge in [-0.15, -0.1) is 11.6 Å². The summed E-state index contributed by atoms with van der Waals surface area (Å²) in [6, 6.07) is 0. The molecule has 1 aliphatic heterocycles. The number of morpholine rings is 1. The lowest BCUT2D eigenvalue weighted by Gasteiger charge is -2.42. The van der Waals surface area contributed by atoms with E-state index < -0.39 is 0 Å². The summed E-state index contributed by atoms with van der Waals surface area (Å²) < 4.78 is 5.43. The largest absolute Gasteiger partial charge is 0.378 e. The molecule has 76 valence electrons. The Morgan fingerprint density at radius 1 is 1.62 bits per heavy atom. The van der Waals surface area contributed by atoms with E-state index >= 15 is 0 Å². The van der Waals surface area contributed by atoms with Gasteiger partial charge in [-0.05, 0) is 19.4 Å². The first-order valence-corrected chi connectivity index (χ1v) is 5.15. The maximum Gasteiger partial charge on any atom is 0.0645 e. The Hall–Kier alpha value is -0.0500. The minimum atomic E-state index is 0.118. The van der Waals surface area contributed by atoms with Crippen LogP contribution in [0.2, 0.25) is 0 Å². The highest BCUT2D eigenvalue weighted by molar-refractivity contribution is 6.19. The molecule has 0 bridgehead atoms. The third-order valence-electron chi connectivity index (χ3n) is 2.42. The van der Waals surface area contributed by atoms with Crippen molar-refractivity contribution in [2.45, 2.75) is 19.4 Å². The average Bonchev–Trinajstić information content (AvgIpc) is 2.08. The highest BCUT2D eigenvalue weighted by Gasteiger charge is 2.30. The van der Waals surface area contributed by atoms with E-state index in [0.717, 1.165) is 31.9 Å². The third-order valence-corrected chi connectivity index (χ3v) is 2.80. The predicted molar refractivity (Wildman–Crippen MR) is 56.3 cm³/mol. The highest BCUT2D eigenvalue weighted by Crippen LogP contribution is 2.19. The summed E-state index contributed by atoms with van der Waals surface area (Å²) in [5.41, 5.74) is 1.20. The lowest BCUT2D eigenvalue weighted by molar-refractivity contribution is -0.0461. The van der Waals surface area contributed by atoms with Crippen LogP contribution in [0.15, 0.2) is 12.2 Å². The first kappa shape index (κ1) is 11.0. The first-order chi connectivity index (χ1) is 6.06. The lowest BCUT2D eigenvalue weighted by Crippen LogP contribution is -2.53. The standard InChI is InChI=1S/C10H18ClNO/c1-9(6-11)7-12-4-5-13-8-10(12,2)3/h1,4-8H2,2-3H3. The normalized spacial score (nSPS) is 23.0. The smallest absolute Gasteiger partial charge is 0.0645 e. The molecule has 0 unspecified atom stereocenters. The van der Waals surface area contributed by atoms with Gasteiger partial charge in [0, 0.05) is 24.5 Å². The molecule has 3 heteroatoms. The van der Waals surface area contributed by atoms with Gasteiger partial charge in [-0.1, -0.05) is 6.58 Å². The van der Waals surface area contributed by atoms with Crippen LogP contribution in [0, 0.1) is 0 Å². The van der Waals surface area contributed by atoms with E-state index in [1.54, 1.807) is 0 Å². The van der Waals surface area contributed by atoms with E-state index in [2.05, 4.69) is 25.3 Å². The molecule has 2 nitrogen and oxygen atoms in total.